The zero-order valence-electron chi connectivity index (χ0n) is 10.3. The van der Waals surface area contributed by atoms with Gasteiger partial charge in [-0.05, 0) is 38.5 Å². The van der Waals surface area contributed by atoms with Gasteiger partial charge >= 0.3 is 12.0 Å². The van der Waals surface area contributed by atoms with Crippen LogP contribution in [0.15, 0.2) is 0 Å². The maximum atomic E-state index is 12.2. The summed E-state index contributed by atoms with van der Waals surface area (Å²) in [5.74, 6) is -0.280. The molecule has 0 aliphatic heterocycles. The fourth-order valence-corrected chi connectivity index (χ4v) is 2.02. The number of carbonyl (C=O) groups excluding carboxylic acids is 1. The first-order valence-electron chi connectivity index (χ1n) is 6.39. The Labute approximate surface area is 101 Å². The third-order valence-electron chi connectivity index (χ3n) is 3.37. The summed E-state index contributed by atoms with van der Waals surface area (Å²) in [5.41, 5.74) is 0. The van der Waals surface area contributed by atoms with Gasteiger partial charge in [-0.2, -0.15) is 0 Å². The van der Waals surface area contributed by atoms with Crippen LogP contribution in [0, 0.1) is 5.92 Å². The average molecular weight is 240 g/mol. The van der Waals surface area contributed by atoms with E-state index in [-0.39, 0.29) is 18.6 Å². The topological polar surface area (TPSA) is 60.9 Å². The van der Waals surface area contributed by atoms with E-state index in [1.165, 1.54) is 17.7 Å². The second-order valence-electron chi connectivity index (χ2n) is 5.02. The number of aliphatic carboxylic acids is 1. The van der Waals surface area contributed by atoms with Crippen LogP contribution in [0.4, 0.5) is 4.79 Å². The first-order valence-corrected chi connectivity index (χ1v) is 6.39. The number of rotatable bonds is 6. The van der Waals surface area contributed by atoms with E-state index in [1.807, 2.05) is 6.92 Å². The lowest BCUT2D eigenvalue weighted by Gasteiger charge is -2.29. The molecule has 0 spiro atoms. The molecular weight excluding hydrogens is 220 g/mol. The summed E-state index contributed by atoms with van der Waals surface area (Å²) in [4.78, 5) is 26.3. The van der Waals surface area contributed by atoms with Gasteiger partial charge < -0.3 is 14.9 Å². The molecule has 2 saturated carbocycles. The van der Waals surface area contributed by atoms with Gasteiger partial charge in [-0.3, -0.25) is 4.79 Å². The van der Waals surface area contributed by atoms with Crippen LogP contribution in [0.2, 0.25) is 0 Å². The summed E-state index contributed by atoms with van der Waals surface area (Å²) in [5, 5.41) is 8.85. The molecule has 2 rings (SSSR count). The van der Waals surface area contributed by atoms with E-state index in [4.69, 9.17) is 5.11 Å². The highest BCUT2D eigenvalue weighted by atomic mass is 16.4. The Morgan fingerprint density at radius 2 is 1.88 bits per heavy atom. The second kappa shape index (κ2) is 4.94. The highest BCUT2D eigenvalue weighted by Gasteiger charge is 2.37. The molecule has 0 aromatic rings. The zero-order chi connectivity index (χ0) is 12.4. The third kappa shape index (κ3) is 3.35. The number of hydrogen-bond acceptors (Lipinski definition) is 2. The number of carboxylic acid groups (broad SMARTS) is 1. The highest BCUT2D eigenvalue weighted by molar-refractivity contribution is 5.80. The molecule has 0 radical (unpaired) electrons. The summed E-state index contributed by atoms with van der Waals surface area (Å²) in [6, 6.07) is 0.0659. The van der Waals surface area contributed by atoms with Crippen LogP contribution in [0.25, 0.3) is 0 Å². The van der Waals surface area contributed by atoms with Crippen LogP contribution in [0.3, 0.4) is 0 Å². The van der Waals surface area contributed by atoms with Gasteiger partial charge in [-0.15, -0.1) is 0 Å². The van der Waals surface area contributed by atoms with Crippen molar-refractivity contribution in [2.45, 2.75) is 38.6 Å². The molecule has 17 heavy (non-hydrogen) atoms. The van der Waals surface area contributed by atoms with Crippen LogP contribution >= 0.6 is 0 Å². The van der Waals surface area contributed by atoms with Crippen LogP contribution < -0.4 is 0 Å². The monoisotopic (exact) mass is 240 g/mol. The molecule has 1 N–H and O–H groups in total. The summed E-state index contributed by atoms with van der Waals surface area (Å²) < 4.78 is 0. The molecule has 0 heterocycles. The van der Waals surface area contributed by atoms with Crippen molar-refractivity contribution in [3.63, 3.8) is 0 Å². The largest absolute Gasteiger partial charge is 0.480 e. The summed E-state index contributed by atoms with van der Waals surface area (Å²) in [6.45, 7) is 3.24. The van der Waals surface area contributed by atoms with Crippen LogP contribution in [0.1, 0.15) is 32.6 Å². The van der Waals surface area contributed by atoms with Crippen molar-refractivity contribution in [1.82, 2.24) is 9.80 Å². The fourth-order valence-electron chi connectivity index (χ4n) is 2.02. The lowest BCUT2D eigenvalue weighted by molar-refractivity contribution is -0.137. The number of urea groups is 1. The SMILES string of the molecule is CCN(CC1CC1)C(=O)N(CC(=O)O)C1CC1. The maximum absolute atomic E-state index is 12.2. The van der Waals surface area contributed by atoms with Gasteiger partial charge in [0.25, 0.3) is 0 Å². The van der Waals surface area contributed by atoms with Crippen molar-refractivity contribution in [3.05, 3.63) is 0 Å². The third-order valence-corrected chi connectivity index (χ3v) is 3.37. The van der Waals surface area contributed by atoms with Crippen molar-refractivity contribution in [1.29, 1.82) is 0 Å². The Hall–Kier alpha value is -1.26. The molecule has 0 bridgehead atoms. The van der Waals surface area contributed by atoms with Crippen LogP contribution in [-0.4, -0.2) is 52.6 Å². The first kappa shape index (κ1) is 12.2. The van der Waals surface area contributed by atoms with Gasteiger partial charge in [-0.25, -0.2) is 4.79 Å². The molecule has 96 valence electrons. The molecule has 5 heteroatoms. The molecule has 0 saturated heterocycles. The minimum Gasteiger partial charge on any atom is -0.480 e. The van der Waals surface area contributed by atoms with E-state index < -0.39 is 5.97 Å². The van der Waals surface area contributed by atoms with Crippen molar-refractivity contribution in [2.24, 2.45) is 5.92 Å². The van der Waals surface area contributed by atoms with Crippen molar-refractivity contribution in [3.8, 4) is 0 Å². The summed E-state index contributed by atoms with van der Waals surface area (Å²) in [6.07, 6.45) is 4.29. The van der Waals surface area contributed by atoms with Crippen molar-refractivity contribution in [2.75, 3.05) is 19.6 Å². The van der Waals surface area contributed by atoms with Gasteiger partial charge in [0.15, 0.2) is 0 Å². The predicted molar refractivity (Wildman–Crippen MR) is 62.7 cm³/mol. The molecule has 2 fully saturated rings. The van der Waals surface area contributed by atoms with E-state index in [2.05, 4.69) is 0 Å². The molecule has 2 amide bonds. The molecule has 5 nitrogen and oxygen atoms in total. The molecule has 0 unspecified atom stereocenters. The summed E-state index contributed by atoms with van der Waals surface area (Å²) >= 11 is 0. The molecule has 0 aromatic heterocycles. The smallest absolute Gasteiger partial charge is 0.323 e. The number of carboxylic acids is 1. The number of amides is 2. The zero-order valence-corrected chi connectivity index (χ0v) is 10.3. The van der Waals surface area contributed by atoms with Crippen molar-refractivity contribution < 1.29 is 14.7 Å². The van der Waals surface area contributed by atoms with E-state index in [0.29, 0.717) is 12.5 Å². The quantitative estimate of drug-likeness (QED) is 0.763. The lowest BCUT2D eigenvalue weighted by atomic mass is 10.3. The Kier molecular flexibility index (Phi) is 3.54. The molecule has 2 aliphatic carbocycles. The van der Waals surface area contributed by atoms with E-state index in [9.17, 15) is 9.59 Å². The number of carbonyl (C=O) groups is 2. The number of nitrogens with zero attached hydrogens (tertiary/aromatic N) is 2. The Morgan fingerprint density at radius 1 is 1.24 bits per heavy atom. The minimum atomic E-state index is -0.923. The second-order valence-corrected chi connectivity index (χ2v) is 5.02. The predicted octanol–water partition coefficient (Wildman–Crippen LogP) is 1.39. The summed E-state index contributed by atoms with van der Waals surface area (Å²) in [7, 11) is 0. The van der Waals surface area contributed by atoms with Crippen LogP contribution in [0.5, 0.6) is 0 Å². The Balaban J connectivity index is 1.94. The molecule has 0 aromatic carbocycles. The minimum absolute atomic E-state index is 0.0932. The normalized spacial score (nSPS) is 18.9. The maximum Gasteiger partial charge on any atom is 0.323 e. The average Bonchev–Trinajstić information content (AvgIpc) is 3.14. The lowest BCUT2D eigenvalue weighted by Crippen LogP contribution is -2.47. The standard InChI is InChI=1S/C12H20N2O3/c1-2-13(7-9-3-4-9)12(17)14(8-11(15)16)10-5-6-10/h9-10H,2-8H2,1H3,(H,15,16). The molecular formula is C12H20N2O3. The highest BCUT2D eigenvalue weighted by Crippen LogP contribution is 2.31. The van der Waals surface area contributed by atoms with Crippen molar-refractivity contribution >= 4 is 12.0 Å². The van der Waals surface area contributed by atoms with E-state index >= 15 is 0 Å². The fraction of sp³-hybridized carbons (Fsp3) is 0.833. The van der Waals surface area contributed by atoms with Gasteiger partial charge in [0.2, 0.25) is 0 Å². The molecule has 0 atom stereocenters. The van der Waals surface area contributed by atoms with E-state index in [0.717, 1.165) is 19.4 Å². The first-order chi connectivity index (χ1) is 8.11. The van der Waals surface area contributed by atoms with E-state index in [1.54, 1.807) is 4.90 Å². The van der Waals surface area contributed by atoms with Gasteiger partial charge in [0.05, 0.1) is 0 Å². The van der Waals surface area contributed by atoms with Gasteiger partial charge in [0.1, 0.15) is 6.54 Å². The Morgan fingerprint density at radius 3 is 2.29 bits per heavy atom. The molecule has 2 aliphatic rings. The number of hydrogen-bond donors (Lipinski definition) is 1. The van der Waals surface area contributed by atoms with Crippen LogP contribution in [-0.2, 0) is 4.79 Å². The Bertz CT molecular complexity index is 311. The van der Waals surface area contributed by atoms with Gasteiger partial charge in [-0.1, -0.05) is 0 Å². The van der Waals surface area contributed by atoms with Gasteiger partial charge in [0, 0.05) is 19.1 Å².